The quantitative estimate of drug-likeness (QED) is 0.793. The van der Waals surface area contributed by atoms with Crippen LogP contribution in [0.2, 0.25) is 0 Å². The van der Waals surface area contributed by atoms with E-state index < -0.39 is 0 Å². The summed E-state index contributed by atoms with van der Waals surface area (Å²) in [6.07, 6.45) is 11.8. The minimum atomic E-state index is 0.642. The molecular formula is C21H28N2. The van der Waals surface area contributed by atoms with E-state index >= 15 is 0 Å². The van der Waals surface area contributed by atoms with Gasteiger partial charge < -0.3 is 4.90 Å². The molecule has 0 N–H and O–H groups in total. The maximum Gasteiger partial charge on any atom is 0.0513 e. The zero-order valence-corrected chi connectivity index (χ0v) is 14.1. The zero-order chi connectivity index (χ0) is 15.5. The summed E-state index contributed by atoms with van der Waals surface area (Å²) in [6, 6.07) is 10.9. The van der Waals surface area contributed by atoms with Crippen molar-refractivity contribution in [1.82, 2.24) is 9.88 Å². The largest absolute Gasteiger partial charge is 0.303 e. The molecule has 1 saturated carbocycles. The van der Waals surface area contributed by atoms with Crippen LogP contribution in [0, 0.1) is 5.92 Å². The van der Waals surface area contributed by atoms with E-state index in [1.807, 2.05) is 6.20 Å². The Hall–Kier alpha value is -1.41. The Morgan fingerprint density at radius 1 is 0.913 bits per heavy atom. The van der Waals surface area contributed by atoms with E-state index in [0.29, 0.717) is 5.92 Å². The number of hydrogen-bond acceptors (Lipinski definition) is 2. The SMILES string of the molecule is c1ccc2c(C3CCN(CC4CCCCC4)CC3)nccc2c1. The molecule has 2 nitrogen and oxygen atoms in total. The van der Waals surface area contributed by atoms with Gasteiger partial charge in [0.05, 0.1) is 5.69 Å². The van der Waals surface area contributed by atoms with Crippen molar-refractivity contribution in [3.8, 4) is 0 Å². The molecule has 0 bridgehead atoms. The van der Waals surface area contributed by atoms with Crippen LogP contribution in [0.1, 0.15) is 56.6 Å². The van der Waals surface area contributed by atoms with Gasteiger partial charge in [0.1, 0.15) is 0 Å². The van der Waals surface area contributed by atoms with E-state index in [2.05, 4.69) is 35.2 Å². The van der Waals surface area contributed by atoms with Crippen molar-refractivity contribution in [2.45, 2.75) is 50.9 Å². The van der Waals surface area contributed by atoms with Crippen molar-refractivity contribution in [1.29, 1.82) is 0 Å². The predicted molar refractivity (Wildman–Crippen MR) is 96.7 cm³/mol. The fourth-order valence-electron chi connectivity index (χ4n) is 4.59. The molecule has 0 amide bonds. The molecule has 23 heavy (non-hydrogen) atoms. The van der Waals surface area contributed by atoms with Crippen molar-refractivity contribution in [2.24, 2.45) is 5.92 Å². The highest BCUT2D eigenvalue weighted by Crippen LogP contribution is 2.32. The summed E-state index contributed by atoms with van der Waals surface area (Å²) in [6.45, 7) is 3.85. The topological polar surface area (TPSA) is 16.1 Å². The maximum atomic E-state index is 4.75. The van der Waals surface area contributed by atoms with Gasteiger partial charge in [0, 0.05) is 24.0 Å². The molecule has 0 radical (unpaired) electrons. The molecular weight excluding hydrogens is 280 g/mol. The minimum Gasteiger partial charge on any atom is -0.303 e. The second kappa shape index (κ2) is 7.00. The van der Waals surface area contributed by atoms with Gasteiger partial charge in [0.15, 0.2) is 0 Å². The van der Waals surface area contributed by atoms with Gasteiger partial charge in [-0.2, -0.15) is 0 Å². The molecule has 1 saturated heterocycles. The van der Waals surface area contributed by atoms with Gasteiger partial charge in [-0.05, 0) is 56.1 Å². The van der Waals surface area contributed by atoms with Crippen molar-refractivity contribution in [2.75, 3.05) is 19.6 Å². The Kier molecular flexibility index (Phi) is 4.61. The van der Waals surface area contributed by atoms with Gasteiger partial charge >= 0.3 is 0 Å². The second-order valence-corrected chi connectivity index (χ2v) is 7.50. The molecule has 1 aliphatic carbocycles. The van der Waals surface area contributed by atoms with Gasteiger partial charge in [-0.15, -0.1) is 0 Å². The highest BCUT2D eigenvalue weighted by atomic mass is 15.1. The van der Waals surface area contributed by atoms with E-state index in [0.717, 1.165) is 5.92 Å². The summed E-state index contributed by atoms with van der Waals surface area (Å²) >= 11 is 0. The number of rotatable bonds is 3. The molecule has 0 unspecified atom stereocenters. The third-order valence-corrected chi connectivity index (χ3v) is 5.92. The highest BCUT2D eigenvalue weighted by Gasteiger charge is 2.25. The first kappa shape index (κ1) is 15.1. The monoisotopic (exact) mass is 308 g/mol. The summed E-state index contributed by atoms with van der Waals surface area (Å²) in [5.74, 6) is 1.61. The number of nitrogens with zero attached hydrogens (tertiary/aromatic N) is 2. The van der Waals surface area contributed by atoms with Crippen LogP contribution in [0.15, 0.2) is 36.5 Å². The van der Waals surface area contributed by atoms with Crippen molar-refractivity contribution in [3.05, 3.63) is 42.2 Å². The molecule has 2 aromatic rings. The molecule has 1 aromatic heterocycles. The predicted octanol–water partition coefficient (Wildman–Crippen LogP) is 4.99. The molecule has 2 fully saturated rings. The number of hydrogen-bond donors (Lipinski definition) is 0. The van der Waals surface area contributed by atoms with Crippen LogP contribution in [0.3, 0.4) is 0 Å². The fraction of sp³-hybridized carbons (Fsp3) is 0.571. The Balaban J connectivity index is 1.40. The minimum absolute atomic E-state index is 0.642. The number of benzene rings is 1. The lowest BCUT2D eigenvalue weighted by atomic mass is 9.87. The third-order valence-electron chi connectivity index (χ3n) is 5.92. The number of pyridine rings is 1. The van der Waals surface area contributed by atoms with Crippen LogP contribution in [0.5, 0.6) is 0 Å². The molecule has 0 spiro atoms. The third kappa shape index (κ3) is 3.42. The van der Waals surface area contributed by atoms with Crippen molar-refractivity contribution >= 4 is 10.8 Å². The number of fused-ring (bicyclic) bond motifs is 1. The summed E-state index contributed by atoms with van der Waals surface area (Å²) in [5.41, 5.74) is 1.33. The van der Waals surface area contributed by atoms with Gasteiger partial charge in [-0.3, -0.25) is 4.98 Å². The highest BCUT2D eigenvalue weighted by molar-refractivity contribution is 5.84. The number of piperidine rings is 1. The van der Waals surface area contributed by atoms with Crippen LogP contribution in [0.4, 0.5) is 0 Å². The summed E-state index contributed by atoms with van der Waals surface area (Å²) < 4.78 is 0. The van der Waals surface area contributed by atoms with E-state index in [9.17, 15) is 0 Å². The molecule has 122 valence electrons. The fourth-order valence-corrected chi connectivity index (χ4v) is 4.59. The Morgan fingerprint density at radius 2 is 1.70 bits per heavy atom. The van der Waals surface area contributed by atoms with E-state index in [1.165, 1.54) is 81.0 Å². The van der Waals surface area contributed by atoms with Crippen LogP contribution < -0.4 is 0 Å². The molecule has 1 aliphatic heterocycles. The average Bonchev–Trinajstić information content (AvgIpc) is 2.63. The van der Waals surface area contributed by atoms with Crippen LogP contribution in [0.25, 0.3) is 10.8 Å². The normalized spacial score (nSPS) is 21.7. The van der Waals surface area contributed by atoms with Crippen molar-refractivity contribution in [3.63, 3.8) is 0 Å². The molecule has 2 heteroatoms. The molecule has 0 atom stereocenters. The van der Waals surface area contributed by atoms with Gasteiger partial charge in [-0.25, -0.2) is 0 Å². The van der Waals surface area contributed by atoms with Gasteiger partial charge in [0.25, 0.3) is 0 Å². The Labute approximate surface area is 139 Å². The molecule has 2 heterocycles. The lowest BCUT2D eigenvalue weighted by Gasteiger charge is -2.35. The van der Waals surface area contributed by atoms with E-state index in [-0.39, 0.29) is 0 Å². The maximum absolute atomic E-state index is 4.75. The van der Waals surface area contributed by atoms with E-state index in [4.69, 9.17) is 4.98 Å². The lowest BCUT2D eigenvalue weighted by Crippen LogP contribution is -2.37. The first-order chi connectivity index (χ1) is 11.4. The molecule has 4 rings (SSSR count). The first-order valence-electron chi connectivity index (χ1n) is 9.46. The van der Waals surface area contributed by atoms with Crippen molar-refractivity contribution < 1.29 is 0 Å². The Bertz CT molecular complexity index is 632. The van der Waals surface area contributed by atoms with Crippen LogP contribution in [-0.2, 0) is 0 Å². The van der Waals surface area contributed by atoms with Gasteiger partial charge in [-0.1, -0.05) is 43.5 Å². The zero-order valence-electron chi connectivity index (χ0n) is 14.1. The smallest absolute Gasteiger partial charge is 0.0513 e. The average molecular weight is 308 g/mol. The summed E-state index contributed by atoms with van der Waals surface area (Å²) in [7, 11) is 0. The standard InChI is InChI=1S/C21H28N2/c1-2-6-17(7-3-1)16-23-14-11-19(12-15-23)21-20-9-5-4-8-18(20)10-13-22-21/h4-5,8-10,13,17,19H,1-3,6-7,11-12,14-16H2. The van der Waals surface area contributed by atoms with Gasteiger partial charge in [0.2, 0.25) is 0 Å². The summed E-state index contributed by atoms with van der Waals surface area (Å²) in [5, 5.41) is 2.70. The van der Waals surface area contributed by atoms with Crippen LogP contribution in [-0.4, -0.2) is 29.5 Å². The summed E-state index contributed by atoms with van der Waals surface area (Å²) in [4.78, 5) is 7.47. The van der Waals surface area contributed by atoms with Crippen LogP contribution >= 0.6 is 0 Å². The molecule has 1 aromatic carbocycles. The second-order valence-electron chi connectivity index (χ2n) is 7.50. The molecule has 2 aliphatic rings. The Morgan fingerprint density at radius 3 is 2.52 bits per heavy atom. The first-order valence-corrected chi connectivity index (χ1v) is 9.46. The number of aromatic nitrogens is 1. The van der Waals surface area contributed by atoms with E-state index in [1.54, 1.807) is 0 Å². The lowest BCUT2D eigenvalue weighted by molar-refractivity contribution is 0.163. The number of likely N-dealkylation sites (tertiary alicyclic amines) is 1.